The monoisotopic (exact) mass is 415 g/mol. The molecule has 0 radical (unpaired) electrons. The number of carbonyl (C=O) groups is 1. The summed E-state index contributed by atoms with van der Waals surface area (Å²) in [5.41, 5.74) is 6.91. The molecule has 3 unspecified atom stereocenters. The van der Waals surface area contributed by atoms with Gasteiger partial charge in [0.1, 0.15) is 5.54 Å². The van der Waals surface area contributed by atoms with Gasteiger partial charge in [-0.3, -0.25) is 4.79 Å². The fraction of sp³-hybridized carbons (Fsp3) is 0.650. The molecule has 1 amide bonds. The minimum atomic E-state index is -0.785. The van der Waals surface area contributed by atoms with Crippen LogP contribution in [0.25, 0.3) is 0 Å². The highest BCUT2D eigenvalue weighted by Crippen LogP contribution is 2.58. The minimum Gasteiger partial charge on any atom is -0.377 e. The molecule has 1 aromatic carbocycles. The summed E-state index contributed by atoms with van der Waals surface area (Å²) in [7, 11) is 0. The lowest BCUT2D eigenvalue weighted by atomic mass is 9.46. The van der Waals surface area contributed by atoms with Crippen molar-refractivity contribution in [1.29, 1.82) is 0 Å². The number of benzene rings is 1. The number of nitrogens with two attached hydrogens (primary N) is 1. The maximum Gasteiger partial charge on any atom is 0.243 e. The van der Waals surface area contributed by atoms with E-state index in [2.05, 4.69) is 43.0 Å². The summed E-state index contributed by atoms with van der Waals surface area (Å²) in [6, 6.07) is 10.4. The van der Waals surface area contributed by atoms with Crippen molar-refractivity contribution in [2.24, 2.45) is 17.1 Å². The van der Waals surface area contributed by atoms with E-state index < -0.39 is 5.54 Å². The fourth-order valence-electron chi connectivity index (χ4n) is 5.08. The summed E-state index contributed by atoms with van der Waals surface area (Å²) >= 11 is 0. The average molecular weight is 416 g/mol. The first-order valence-corrected chi connectivity index (χ1v) is 9.46. The molecule has 1 aliphatic carbocycles. The molecule has 2 aliphatic heterocycles. The number of piperazine rings is 1. The number of ether oxygens (including phenoxy) is 1. The van der Waals surface area contributed by atoms with Crippen LogP contribution in [-0.2, 0) is 9.53 Å². The second kappa shape index (κ2) is 8.16. The Hall–Kier alpha value is -1.01. The van der Waals surface area contributed by atoms with Gasteiger partial charge in [0.05, 0.1) is 6.10 Å². The Balaban J connectivity index is 0.00000131. The predicted molar refractivity (Wildman–Crippen MR) is 113 cm³/mol. The van der Waals surface area contributed by atoms with Crippen molar-refractivity contribution in [3.05, 3.63) is 30.3 Å². The summed E-state index contributed by atoms with van der Waals surface area (Å²) in [6.45, 7) is 8.18. The second-order valence-corrected chi connectivity index (χ2v) is 8.25. The lowest BCUT2D eigenvalue weighted by Gasteiger charge is -2.66. The van der Waals surface area contributed by atoms with Crippen LogP contribution in [0.4, 0.5) is 5.69 Å². The zero-order valence-corrected chi connectivity index (χ0v) is 17.7. The first kappa shape index (κ1) is 22.3. The first-order valence-electron chi connectivity index (χ1n) is 9.46. The van der Waals surface area contributed by atoms with E-state index in [1.807, 2.05) is 11.0 Å². The van der Waals surface area contributed by atoms with Crippen LogP contribution >= 0.6 is 24.8 Å². The molecule has 2 saturated heterocycles. The number of nitrogens with zero attached hydrogens (tertiary/aromatic N) is 2. The molecule has 0 spiro atoms. The number of amides is 1. The van der Waals surface area contributed by atoms with Gasteiger partial charge in [-0.1, -0.05) is 32.0 Å². The normalized spacial score (nSPS) is 31.7. The van der Waals surface area contributed by atoms with E-state index in [1.165, 1.54) is 5.69 Å². The average Bonchev–Trinajstić information content (AvgIpc) is 2.67. The van der Waals surface area contributed by atoms with Gasteiger partial charge in [-0.15, -0.1) is 24.8 Å². The van der Waals surface area contributed by atoms with Crippen LogP contribution in [0.3, 0.4) is 0 Å². The van der Waals surface area contributed by atoms with Gasteiger partial charge < -0.3 is 20.3 Å². The smallest absolute Gasteiger partial charge is 0.243 e. The topological polar surface area (TPSA) is 58.8 Å². The molecule has 1 saturated carbocycles. The largest absolute Gasteiger partial charge is 0.377 e. The van der Waals surface area contributed by atoms with Gasteiger partial charge in [0.15, 0.2) is 0 Å². The van der Waals surface area contributed by atoms with Crippen LogP contribution in [0.5, 0.6) is 0 Å². The van der Waals surface area contributed by atoms with Crippen molar-refractivity contribution < 1.29 is 9.53 Å². The molecule has 4 rings (SSSR count). The highest BCUT2D eigenvalue weighted by Gasteiger charge is 2.70. The number of hydrogen-bond acceptors (Lipinski definition) is 4. The van der Waals surface area contributed by atoms with E-state index in [4.69, 9.17) is 10.5 Å². The van der Waals surface area contributed by atoms with Crippen molar-refractivity contribution in [2.75, 3.05) is 37.7 Å². The lowest BCUT2D eigenvalue weighted by Crippen LogP contribution is -2.82. The predicted octanol–water partition coefficient (Wildman–Crippen LogP) is 2.71. The van der Waals surface area contributed by atoms with Gasteiger partial charge in [0.25, 0.3) is 0 Å². The zero-order valence-electron chi connectivity index (χ0n) is 16.1. The summed E-state index contributed by atoms with van der Waals surface area (Å²) in [6.07, 6.45) is 2.13. The van der Waals surface area contributed by atoms with Crippen molar-refractivity contribution in [3.8, 4) is 0 Å². The van der Waals surface area contributed by atoms with Gasteiger partial charge in [-0.25, -0.2) is 0 Å². The third kappa shape index (κ3) is 3.33. The zero-order chi connectivity index (χ0) is 17.7. The molecule has 27 heavy (non-hydrogen) atoms. The SMILES string of the molecule is CC1(C)C2OCCCC2C1(N)C(=O)N1CCN(c2ccccc2)CC1.Cl.Cl. The Morgan fingerprint density at radius 1 is 1.11 bits per heavy atom. The first-order chi connectivity index (χ1) is 12.0. The summed E-state index contributed by atoms with van der Waals surface area (Å²) < 4.78 is 5.94. The van der Waals surface area contributed by atoms with Crippen molar-refractivity contribution >= 4 is 36.4 Å². The van der Waals surface area contributed by atoms with Crippen molar-refractivity contribution in [1.82, 2.24) is 4.90 Å². The molecule has 0 bridgehead atoms. The number of para-hydroxylation sites is 1. The summed E-state index contributed by atoms with van der Waals surface area (Å²) in [5, 5.41) is 0. The van der Waals surface area contributed by atoms with Crippen LogP contribution in [0.15, 0.2) is 30.3 Å². The van der Waals surface area contributed by atoms with Crippen LogP contribution in [-0.4, -0.2) is 55.2 Å². The van der Waals surface area contributed by atoms with Gasteiger partial charge >= 0.3 is 0 Å². The Bertz CT molecular complexity index is 650. The van der Waals surface area contributed by atoms with Crippen LogP contribution in [0.2, 0.25) is 0 Å². The molecule has 3 atom stereocenters. The van der Waals surface area contributed by atoms with E-state index in [0.717, 1.165) is 45.6 Å². The molecule has 1 aromatic rings. The van der Waals surface area contributed by atoms with Gasteiger partial charge in [0.2, 0.25) is 5.91 Å². The van der Waals surface area contributed by atoms with E-state index in [-0.39, 0.29) is 48.2 Å². The fourth-order valence-corrected chi connectivity index (χ4v) is 5.08. The van der Waals surface area contributed by atoms with Crippen molar-refractivity contribution in [2.45, 2.75) is 38.3 Å². The number of hydrogen-bond donors (Lipinski definition) is 1. The molecule has 2 N–H and O–H groups in total. The van der Waals surface area contributed by atoms with E-state index in [9.17, 15) is 4.79 Å². The second-order valence-electron chi connectivity index (χ2n) is 8.25. The highest BCUT2D eigenvalue weighted by molar-refractivity contribution is 5.90. The van der Waals surface area contributed by atoms with Crippen LogP contribution in [0, 0.1) is 11.3 Å². The van der Waals surface area contributed by atoms with Gasteiger partial charge in [-0.05, 0) is 25.0 Å². The number of halogens is 2. The van der Waals surface area contributed by atoms with Crippen molar-refractivity contribution in [3.63, 3.8) is 0 Å². The lowest BCUT2D eigenvalue weighted by molar-refractivity contribution is -0.230. The molecular formula is C20H31Cl2N3O2. The quantitative estimate of drug-likeness (QED) is 0.806. The molecule has 0 aromatic heterocycles. The number of anilines is 1. The summed E-state index contributed by atoms with van der Waals surface area (Å²) in [5.74, 6) is 0.285. The van der Waals surface area contributed by atoms with Crippen LogP contribution < -0.4 is 10.6 Å². The number of fused-ring (bicyclic) bond motifs is 1. The maximum atomic E-state index is 13.3. The van der Waals surface area contributed by atoms with Gasteiger partial charge in [0, 0.05) is 49.8 Å². The third-order valence-corrected chi connectivity index (χ3v) is 6.73. The Kier molecular flexibility index (Phi) is 6.73. The van der Waals surface area contributed by atoms with E-state index in [1.54, 1.807) is 0 Å². The molecule has 152 valence electrons. The van der Waals surface area contributed by atoms with E-state index >= 15 is 0 Å². The standard InChI is InChI=1S/C20H29N3O2.2ClH/c1-19(2)17-16(9-6-14-25-17)20(19,21)18(24)23-12-10-22(11-13-23)15-7-4-3-5-8-15;;/h3-5,7-8,16-17H,6,9-14,21H2,1-2H3;2*1H. The number of carbonyl (C=O) groups excluding carboxylic acids is 1. The molecule has 5 nitrogen and oxygen atoms in total. The maximum absolute atomic E-state index is 13.3. The Morgan fingerprint density at radius 3 is 2.37 bits per heavy atom. The molecule has 2 heterocycles. The Labute approximate surface area is 174 Å². The molecule has 3 fully saturated rings. The molecule has 3 aliphatic rings. The molecular weight excluding hydrogens is 385 g/mol. The number of rotatable bonds is 2. The van der Waals surface area contributed by atoms with Gasteiger partial charge in [-0.2, -0.15) is 0 Å². The Morgan fingerprint density at radius 2 is 1.74 bits per heavy atom. The van der Waals surface area contributed by atoms with E-state index in [0.29, 0.717) is 0 Å². The van der Waals surface area contributed by atoms with Crippen LogP contribution in [0.1, 0.15) is 26.7 Å². The minimum absolute atomic E-state index is 0. The highest BCUT2D eigenvalue weighted by atomic mass is 35.5. The third-order valence-electron chi connectivity index (χ3n) is 6.73. The summed E-state index contributed by atoms with van der Waals surface area (Å²) in [4.78, 5) is 17.7. The molecule has 7 heteroatoms.